The lowest BCUT2D eigenvalue weighted by molar-refractivity contribution is -0.136. The minimum atomic E-state index is -0.904. The standard InChI is InChI=1S/C22H20Cl2N2O4/c1-26-17-6-5-16(23)20(24)15(17)11-18(26)21(29)25-22(7-8-30-12-22)14-4-2-3-13(9-14)10-19(27)28/h2-6,9,11H,7-8,10,12H2,1H3,(H,25,29)(H,27,28). The van der Waals surface area contributed by atoms with Gasteiger partial charge in [-0.15, -0.1) is 0 Å². The fraction of sp³-hybridized carbons (Fsp3) is 0.273. The number of benzene rings is 2. The van der Waals surface area contributed by atoms with Crippen molar-refractivity contribution in [2.75, 3.05) is 13.2 Å². The van der Waals surface area contributed by atoms with Gasteiger partial charge in [0.15, 0.2) is 0 Å². The molecule has 0 aliphatic carbocycles. The number of aryl methyl sites for hydroxylation is 1. The van der Waals surface area contributed by atoms with E-state index in [1.54, 1.807) is 35.9 Å². The molecule has 156 valence electrons. The van der Waals surface area contributed by atoms with E-state index in [2.05, 4.69) is 5.32 Å². The Morgan fingerprint density at radius 3 is 2.73 bits per heavy atom. The molecule has 4 rings (SSSR count). The largest absolute Gasteiger partial charge is 0.481 e. The van der Waals surface area contributed by atoms with E-state index in [1.165, 1.54) is 0 Å². The molecule has 2 heterocycles. The van der Waals surface area contributed by atoms with E-state index in [0.29, 0.717) is 46.3 Å². The molecule has 3 aromatic rings. The lowest BCUT2D eigenvalue weighted by atomic mass is 9.87. The average molecular weight is 447 g/mol. The second-order valence-corrected chi connectivity index (χ2v) is 8.28. The maximum absolute atomic E-state index is 13.3. The van der Waals surface area contributed by atoms with Crippen molar-refractivity contribution in [1.82, 2.24) is 9.88 Å². The Hall–Kier alpha value is -2.54. The van der Waals surface area contributed by atoms with E-state index in [-0.39, 0.29) is 12.3 Å². The Bertz CT molecular complexity index is 1150. The van der Waals surface area contributed by atoms with Gasteiger partial charge in [0.05, 0.1) is 28.6 Å². The van der Waals surface area contributed by atoms with Gasteiger partial charge in [-0.3, -0.25) is 9.59 Å². The van der Waals surface area contributed by atoms with Crippen molar-refractivity contribution in [2.45, 2.75) is 18.4 Å². The van der Waals surface area contributed by atoms with Crippen LogP contribution in [-0.2, 0) is 28.5 Å². The maximum Gasteiger partial charge on any atom is 0.307 e. The average Bonchev–Trinajstić information content (AvgIpc) is 3.30. The quantitative estimate of drug-likeness (QED) is 0.616. The van der Waals surface area contributed by atoms with Crippen LogP contribution in [0.15, 0.2) is 42.5 Å². The number of ether oxygens (including phenoxy) is 1. The number of aliphatic carboxylic acids is 1. The molecule has 1 aromatic heterocycles. The third kappa shape index (κ3) is 3.67. The summed E-state index contributed by atoms with van der Waals surface area (Å²) in [4.78, 5) is 24.4. The second-order valence-electron chi connectivity index (χ2n) is 7.49. The molecule has 0 radical (unpaired) electrons. The molecular formula is C22H20Cl2N2O4. The number of amides is 1. The fourth-order valence-corrected chi connectivity index (χ4v) is 4.34. The van der Waals surface area contributed by atoms with E-state index < -0.39 is 11.5 Å². The Morgan fingerprint density at radius 1 is 1.23 bits per heavy atom. The number of hydrogen-bond acceptors (Lipinski definition) is 3. The lowest BCUT2D eigenvalue weighted by Gasteiger charge is -2.30. The number of carbonyl (C=O) groups excluding carboxylic acids is 1. The van der Waals surface area contributed by atoms with E-state index in [0.717, 1.165) is 11.1 Å². The van der Waals surface area contributed by atoms with Crippen molar-refractivity contribution in [1.29, 1.82) is 0 Å². The van der Waals surface area contributed by atoms with Gasteiger partial charge in [-0.05, 0) is 29.3 Å². The molecule has 6 nitrogen and oxygen atoms in total. The van der Waals surface area contributed by atoms with Crippen molar-refractivity contribution in [2.24, 2.45) is 7.05 Å². The number of nitrogens with one attached hydrogen (secondary N) is 1. The molecule has 30 heavy (non-hydrogen) atoms. The molecule has 2 N–H and O–H groups in total. The number of fused-ring (bicyclic) bond motifs is 1. The summed E-state index contributed by atoms with van der Waals surface area (Å²) in [6, 6.07) is 12.5. The highest BCUT2D eigenvalue weighted by Crippen LogP contribution is 2.34. The number of hydrogen-bond donors (Lipinski definition) is 2. The van der Waals surface area contributed by atoms with Gasteiger partial charge in [-0.25, -0.2) is 0 Å². The zero-order chi connectivity index (χ0) is 21.5. The molecule has 2 aromatic carbocycles. The van der Waals surface area contributed by atoms with Crippen molar-refractivity contribution in [3.8, 4) is 0 Å². The molecule has 0 saturated carbocycles. The number of aromatic nitrogens is 1. The zero-order valence-corrected chi connectivity index (χ0v) is 17.8. The van der Waals surface area contributed by atoms with Gasteiger partial charge < -0.3 is 19.7 Å². The van der Waals surface area contributed by atoms with Crippen molar-refractivity contribution in [3.05, 3.63) is 69.3 Å². The summed E-state index contributed by atoms with van der Waals surface area (Å²) < 4.78 is 7.40. The Labute approximate surface area is 183 Å². The molecule has 8 heteroatoms. The molecule has 1 aliphatic rings. The summed E-state index contributed by atoms with van der Waals surface area (Å²) in [5.41, 5.74) is 2.01. The highest BCUT2D eigenvalue weighted by atomic mass is 35.5. The van der Waals surface area contributed by atoms with Crippen LogP contribution in [0.2, 0.25) is 10.0 Å². The van der Waals surface area contributed by atoms with Crippen LogP contribution in [0.5, 0.6) is 0 Å². The molecule has 1 amide bonds. The SMILES string of the molecule is Cn1c(C(=O)NC2(c3cccc(CC(=O)O)c3)CCOC2)cc2c(Cl)c(Cl)ccc21. The number of carboxylic acids is 1. The second kappa shape index (κ2) is 7.95. The number of rotatable bonds is 5. The first-order valence-corrected chi connectivity index (χ1v) is 10.2. The number of nitrogens with zero attached hydrogens (tertiary/aromatic N) is 1. The van der Waals surface area contributed by atoms with Crippen molar-refractivity contribution < 1.29 is 19.4 Å². The van der Waals surface area contributed by atoms with Crippen LogP contribution in [0.3, 0.4) is 0 Å². The van der Waals surface area contributed by atoms with Gasteiger partial charge >= 0.3 is 5.97 Å². The zero-order valence-electron chi connectivity index (χ0n) is 16.2. The monoisotopic (exact) mass is 446 g/mol. The summed E-state index contributed by atoms with van der Waals surface area (Å²) >= 11 is 12.4. The summed E-state index contributed by atoms with van der Waals surface area (Å²) in [5.74, 6) is -1.17. The molecule has 1 aliphatic heterocycles. The van der Waals surface area contributed by atoms with Crippen LogP contribution in [0.1, 0.15) is 28.0 Å². The fourth-order valence-electron chi connectivity index (χ4n) is 3.97. The first kappa shape index (κ1) is 20.7. The van der Waals surface area contributed by atoms with E-state index in [4.69, 9.17) is 33.0 Å². The summed E-state index contributed by atoms with van der Waals surface area (Å²) in [6.45, 7) is 0.811. The van der Waals surface area contributed by atoms with Crippen LogP contribution in [0.25, 0.3) is 10.9 Å². The van der Waals surface area contributed by atoms with Gasteiger partial charge in [-0.1, -0.05) is 47.5 Å². The molecule has 1 saturated heterocycles. The van der Waals surface area contributed by atoms with Gasteiger partial charge in [0.25, 0.3) is 5.91 Å². The van der Waals surface area contributed by atoms with Crippen molar-refractivity contribution in [3.63, 3.8) is 0 Å². The third-order valence-corrected chi connectivity index (χ3v) is 6.37. The van der Waals surface area contributed by atoms with Gasteiger partial charge in [0.2, 0.25) is 0 Å². The highest BCUT2D eigenvalue weighted by Gasteiger charge is 2.39. The third-order valence-electron chi connectivity index (χ3n) is 5.56. The lowest BCUT2D eigenvalue weighted by Crippen LogP contribution is -2.47. The van der Waals surface area contributed by atoms with Gasteiger partial charge in [0.1, 0.15) is 5.69 Å². The smallest absolute Gasteiger partial charge is 0.307 e. The minimum Gasteiger partial charge on any atom is -0.481 e. The molecule has 1 unspecified atom stereocenters. The van der Waals surface area contributed by atoms with Crippen LogP contribution in [-0.4, -0.2) is 34.8 Å². The molecular weight excluding hydrogens is 427 g/mol. The summed E-state index contributed by atoms with van der Waals surface area (Å²) in [7, 11) is 1.80. The predicted molar refractivity (Wildman–Crippen MR) is 115 cm³/mol. The normalized spacial score (nSPS) is 18.6. The van der Waals surface area contributed by atoms with E-state index in [9.17, 15) is 9.59 Å². The highest BCUT2D eigenvalue weighted by molar-refractivity contribution is 6.45. The van der Waals surface area contributed by atoms with E-state index in [1.807, 2.05) is 18.2 Å². The molecule has 0 bridgehead atoms. The predicted octanol–water partition coefficient (Wildman–Crippen LogP) is 4.16. The Balaban J connectivity index is 1.70. The number of carbonyl (C=O) groups is 2. The summed E-state index contributed by atoms with van der Waals surface area (Å²) in [6.07, 6.45) is 0.507. The van der Waals surface area contributed by atoms with Crippen LogP contribution in [0.4, 0.5) is 0 Å². The van der Waals surface area contributed by atoms with Gasteiger partial charge in [0, 0.05) is 31.0 Å². The molecule has 0 spiro atoms. The van der Waals surface area contributed by atoms with Crippen LogP contribution < -0.4 is 5.32 Å². The first-order chi connectivity index (χ1) is 14.3. The van der Waals surface area contributed by atoms with Crippen LogP contribution in [0, 0.1) is 0 Å². The van der Waals surface area contributed by atoms with Gasteiger partial charge in [-0.2, -0.15) is 0 Å². The molecule has 1 atom stereocenters. The van der Waals surface area contributed by atoms with E-state index >= 15 is 0 Å². The van der Waals surface area contributed by atoms with Crippen molar-refractivity contribution >= 4 is 46.0 Å². The number of carboxylic acid groups (broad SMARTS) is 1. The first-order valence-electron chi connectivity index (χ1n) is 9.46. The Kier molecular flexibility index (Phi) is 5.49. The summed E-state index contributed by atoms with van der Waals surface area (Å²) in [5, 5.41) is 13.8. The minimum absolute atomic E-state index is 0.0822. The number of halogens is 2. The molecule has 1 fully saturated rings. The topological polar surface area (TPSA) is 80.6 Å². The Morgan fingerprint density at radius 2 is 2.03 bits per heavy atom. The maximum atomic E-state index is 13.3. The van der Waals surface area contributed by atoms with Crippen LogP contribution >= 0.6 is 23.2 Å².